The number of nitrogens with one attached hydrogen (secondary N) is 1. The fourth-order valence-corrected chi connectivity index (χ4v) is 2.73. The van der Waals surface area contributed by atoms with Gasteiger partial charge in [0, 0.05) is 9.90 Å². The Balaban J connectivity index is 2.04. The predicted octanol–water partition coefficient (Wildman–Crippen LogP) is 2.89. The van der Waals surface area contributed by atoms with Crippen LogP contribution in [0.5, 0.6) is 0 Å². The summed E-state index contributed by atoms with van der Waals surface area (Å²) in [5, 5.41) is 14.0. The van der Waals surface area contributed by atoms with E-state index in [1.54, 1.807) is 41.8 Å². The van der Waals surface area contributed by atoms with E-state index in [0.29, 0.717) is 9.90 Å². The maximum Gasteiger partial charge on any atom is 0.331 e. The summed E-state index contributed by atoms with van der Waals surface area (Å²) in [6.07, 6.45) is 0.0930. The van der Waals surface area contributed by atoms with Crippen molar-refractivity contribution < 1.29 is 14.7 Å². The van der Waals surface area contributed by atoms with Crippen molar-refractivity contribution in [3.8, 4) is 0 Å². The maximum atomic E-state index is 11.9. The predicted molar refractivity (Wildman–Crippen MR) is 78.0 cm³/mol. The number of aliphatic carboxylic acids is 1. The minimum Gasteiger partial charge on any atom is -0.479 e. The zero-order chi connectivity index (χ0) is 14.5. The Hall–Kier alpha value is -1.85. The van der Waals surface area contributed by atoms with Crippen molar-refractivity contribution >= 4 is 34.8 Å². The van der Waals surface area contributed by atoms with Gasteiger partial charge in [0.1, 0.15) is 0 Å². The molecule has 2 rings (SSSR count). The summed E-state index contributed by atoms with van der Waals surface area (Å²) in [4.78, 5) is 23.7. The molecular formula is C14H12ClNO3S. The highest BCUT2D eigenvalue weighted by Gasteiger charge is 2.22. The highest BCUT2D eigenvalue weighted by molar-refractivity contribution is 7.10. The first-order valence-corrected chi connectivity index (χ1v) is 7.12. The molecule has 0 aliphatic carbocycles. The number of benzene rings is 1. The molecule has 1 aromatic carbocycles. The number of carbonyl (C=O) groups is 2. The molecule has 0 saturated heterocycles. The quantitative estimate of drug-likeness (QED) is 0.892. The zero-order valence-electron chi connectivity index (χ0n) is 10.4. The van der Waals surface area contributed by atoms with Crippen LogP contribution in [-0.4, -0.2) is 17.0 Å². The SMILES string of the molecule is O=C(Cc1cccc(Cl)c1)NC(C(=O)O)c1cccs1. The first kappa shape index (κ1) is 14.6. The van der Waals surface area contributed by atoms with Gasteiger partial charge in [-0.1, -0.05) is 29.8 Å². The molecule has 1 heterocycles. The lowest BCUT2D eigenvalue weighted by atomic mass is 10.1. The van der Waals surface area contributed by atoms with Crippen molar-refractivity contribution in [2.75, 3.05) is 0 Å². The number of thiophene rings is 1. The number of hydrogen-bond donors (Lipinski definition) is 2. The molecule has 0 aliphatic heterocycles. The molecule has 1 aromatic heterocycles. The van der Waals surface area contributed by atoms with Crippen molar-refractivity contribution in [1.29, 1.82) is 0 Å². The van der Waals surface area contributed by atoms with E-state index in [1.165, 1.54) is 11.3 Å². The second kappa shape index (κ2) is 6.54. The Labute approximate surface area is 125 Å². The molecular weight excluding hydrogens is 298 g/mol. The number of carbonyl (C=O) groups excluding carboxylic acids is 1. The number of rotatable bonds is 5. The van der Waals surface area contributed by atoms with Gasteiger partial charge in [0.2, 0.25) is 5.91 Å². The van der Waals surface area contributed by atoms with Gasteiger partial charge in [-0.05, 0) is 29.1 Å². The van der Waals surface area contributed by atoms with E-state index in [1.807, 2.05) is 0 Å². The minimum absolute atomic E-state index is 0.0930. The standard InChI is InChI=1S/C14H12ClNO3S/c15-10-4-1-3-9(7-10)8-12(17)16-13(14(18)19)11-5-2-6-20-11/h1-7,13H,8H2,(H,16,17)(H,18,19). The van der Waals surface area contributed by atoms with Crippen molar-refractivity contribution in [2.24, 2.45) is 0 Å². The van der Waals surface area contributed by atoms with Gasteiger partial charge < -0.3 is 10.4 Å². The molecule has 0 fully saturated rings. The van der Waals surface area contributed by atoms with Crippen LogP contribution in [0.15, 0.2) is 41.8 Å². The van der Waals surface area contributed by atoms with E-state index in [2.05, 4.69) is 5.32 Å². The van der Waals surface area contributed by atoms with Crippen molar-refractivity contribution in [3.63, 3.8) is 0 Å². The molecule has 20 heavy (non-hydrogen) atoms. The minimum atomic E-state index is -1.08. The lowest BCUT2D eigenvalue weighted by Crippen LogP contribution is -2.34. The van der Waals surface area contributed by atoms with Gasteiger partial charge >= 0.3 is 5.97 Å². The summed E-state index contributed by atoms with van der Waals surface area (Å²) in [6, 6.07) is 9.34. The Morgan fingerprint density at radius 2 is 2.10 bits per heavy atom. The highest BCUT2D eigenvalue weighted by Crippen LogP contribution is 2.19. The van der Waals surface area contributed by atoms with Crippen LogP contribution in [0.2, 0.25) is 5.02 Å². The fraction of sp³-hybridized carbons (Fsp3) is 0.143. The Morgan fingerprint density at radius 3 is 2.70 bits per heavy atom. The van der Waals surface area contributed by atoms with Gasteiger partial charge in [0.05, 0.1) is 6.42 Å². The van der Waals surface area contributed by atoms with E-state index in [9.17, 15) is 14.7 Å². The molecule has 1 unspecified atom stereocenters. The monoisotopic (exact) mass is 309 g/mol. The summed E-state index contributed by atoms with van der Waals surface area (Å²) in [5.74, 6) is -1.43. The topological polar surface area (TPSA) is 66.4 Å². The lowest BCUT2D eigenvalue weighted by Gasteiger charge is -2.13. The zero-order valence-corrected chi connectivity index (χ0v) is 11.9. The number of amides is 1. The maximum absolute atomic E-state index is 11.9. The van der Waals surface area contributed by atoms with Gasteiger partial charge in [-0.3, -0.25) is 4.79 Å². The summed E-state index contributed by atoms with van der Waals surface area (Å²) < 4.78 is 0. The first-order chi connectivity index (χ1) is 9.56. The molecule has 0 aliphatic rings. The van der Waals surface area contributed by atoms with Crippen LogP contribution >= 0.6 is 22.9 Å². The van der Waals surface area contributed by atoms with Gasteiger partial charge in [0.15, 0.2) is 6.04 Å². The third kappa shape index (κ3) is 3.82. The second-order valence-corrected chi connectivity index (χ2v) is 5.58. The number of hydrogen-bond acceptors (Lipinski definition) is 3. The summed E-state index contributed by atoms with van der Waals surface area (Å²) in [6.45, 7) is 0. The molecule has 0 saturated carbocycles. The van der Waals surface area contributed by atoms with Gasteiger partial charge in [-0.2, -0.15) is 0 Å². The number of carboxylic acids is 1. The molecule has 1 atom stereocenters. The molecule has 0 bridgehead atoms. The Morgan fingerprint density at radius 1 is 1.30 bits per heavy atom. The average Bonchev–Trinajstić information content (AvgIpc) is 2.89. The van der Waals surface area contributed by atoms with E-state index in [4.69, 9.17) is 11.6 Å². The van der Waals surface area contributed by atoms with Crippen molar-refractivity contribution in [1.82, 2.24) is 5.32 Å². The van der Waals surface area contributed by atoms with Crippen molar-refractivity contribution in [3.05, 3.63) is 57.2 Å². The van der Waals surface area contributed by atoms with Crippen LogP contribution in [0.25, 0.3) is 0 Å². The van der Waals surface area contributed by atoms with Crippen LogP contribution < -0.4 is 5.32 Å². The number of halogens is 1. The van der Waals surface area contributed by atoms with E-state index >= 15 is 0 Å². The van der Waals surface area contributed by atoms with E-state index in [-0.39, 0.29) is 12.3 Å². The van der Waals surface area contributed by atoms with Crippen LogP contribution in [0.3, 0.4) is 0 Å². The number of carboxylic acid groups (broad SMARTS) is 1. The summed E-state index contributed by atoms with van der Waals surface area (Å²) in [7, 11) is 0. The van der Waals surface area contributed by atoms with Gasteiger partial charge in [0.25, 0.3) is 0 Å². The summed E-state index contributed by atoms with van der Waals surface area (Å²) in [5.41, 5.74) is 0.741. The summed E-state index contributed by atoms with van der Waals surface area (Å²) >= 11 is 7.13. The van der Waals surface area contributed by atoms with Crippen LogP contribution in [0, 0.1) is 0 Å². The third-order valence-electron chi connectivity index (χ3n) is 2.63. The molecule has 6 heteroatoms. The average molecular weight is 310 g/mol. The van der Waals surface area contributed by atoms with Crippen LogP contribution in [-0.2, 0) is 16.0 Å². The van der Waals surface area contributed by atoms with E-state index in [0.717, 1.165) is 5.56 Å². The molecule has 0 spiro atoms. The molecule has 2 N–H and O–H groups in total. The Bertz CT molecular complexity index is 613. The molecule has 4 nitrogen and oxygen atoms in total. The van der Waals surface area contributed by atoms with Crippen LogP contribution in [0.1, 0.15) is 16.5 Å². The molecule has 104 valence electrons. The molecule has 0 radical (unpaired) electrons. The lowest BCUT2D eigenvalue weighted by molar-refractivity contribution is -0.141. The molecule has 2 aromatic rings. The highest BCUT2D eigenvalue weighted by atomic mass is 35.5. The van der Waals surface area contributed by atoms with Gasteiger partial charge in [-0.15, -0.1) is 11.3 Å². The Kier molecular flexibility index (Phi) is 4.76. The normalized spacial score (nSPS) is 11.8. The first-order valence-electron chi connectivity index (χ1n) is 5.86. The molecule has 1 amide bonds. The fourth-order valence-electron chi connectivity index (χ4n) is 1.75. The van der Waals surface area contributed by atoms with Crippen molar-refractivity contribution in [2.45, 2.75) is 12.5 Å². The third-order valence-corrected chi connectivity index (χ3v) is 3.81. The van der Waals surface area contributed by atoms with Crippen LogP contribution in [0.4, 0.5) is 0 Å². The smallest absolute Gasteiger partial charge is 0.331 e. The second-order valence-electron chi connectivity index (χ2n) is 4.16. The largest absolute Gasteiger partial charge is 0.479 e. The van der Waals surface area contributed by atoms with Gasteiger partial charge in [-0.25, -0.2) is 4.79 Å². The van der Waals surface area contributed by atoms with E-state index < -0.39 is 12.0 Å².